The Morgan fingerprint density at radius 1 is 1.02 bits per heavy atom. The van der Waals surface area contributed by atoms with Gasteiger partial charge in [0.1, 0.15) is 29.6 Å². The van der Waals surface area contributed by atoms with Crippen molar-refractivity contribution < 1.29 is 38.6 Å². The van der Waals surface area contributed by atoms with E-state index in [1.54, 1.807) is 43.5 Å². The Kier molecular flexibility index (Phi) is 7.69. The van der Waals surface area contributed by atoms with Crippen LogP contribution in [-0.2, 0) is 32.8 Å². The van der Waals surface area contributed by atoms with E-state index in [1.807, 2.05) is 31.2 Å². The molecule has 4 aliphatic rings. The Balaban J connectivity index is 1.13. The van der Waals surface area contributed by atoms with Crippen LogP contribution >= 0.6 is 22.9 Å². The number of carbonyl (C=O) groups excluding carboxylic acids is 4. The Morgan fingerprint density at radius 2 is 1.81 bits per heavy atom. The Morgan fingerprint density at radius 3 is 2.56 bits per heavy atom. The van der Waals surface area contributed by atoms with Gasteiger partial charge in [-0.2, -0.15) is 5.10 Å². The van der Waals surface area contributed by atoms with Crippen molar-refractivity contribution in [1.82, 2.24) is 9.78 Å². The molecule has 3 aromatic heterocycles. The minimum Gasteiger partial charge on any atom is -0.478 e. The van der Waals surface area contributed by atoms with Gasteiger partial charge in [0.25, 0.3) is 0 Å². The predicted octanol–water partition coefficient (Wildman–Crippen LogP) is 6.48. The van der Waals surface area contributed by atoms with Gasteiger partial charge in [-0.15, -0.1) is 11.3 Å². The summed E-state index contributed by atoms with van der Waals surface area (Å²) >= 11 is 7.84. The molecule has 3 fully saturated rings. The molecule has 5 heterocycles. The summed E-state index contributed by atoms with van der Waals surface area (Å²) in [7, 11) is 1.68. The zero-order valence-electron chi connectivity index (χ0n) is 29.3. The average molecular weight is 765 g/mol. The number of hydrogen-bond donors (Lipinski definition) is 2. The lowest BCUT2D eigenvalue weighted by molar-refractivity contribution is -0.131. The number of allylic oxidation sites excluding steroid dienone is 2. The lowest BCUT2D eigenvalue weighted by Crippen LogP contribution is -2.48. The standard InChI is InChI=1S/C40H33ClN4O8S/c1-18-25-14-20(41)7-12-30(25)54-34(18)28-16-31(43(3)42-28)45-36(48)27-15-26-23(33(40(27,2)39(45)52)29-11-8-22(17-46)53-29)9-10-24-32(26)37(49)44(35(24)47)21-6-4-5-19(13-21)38(50)51/h4-9,11-14,16,24,26-27,32-33,46H,10,15,17H2,1-3H3,(H,50,51). The zero-order chi connectivity index (χ0) is 38.0. The van der Waals surface area contributed by atoms with E-state index >= 15 is 0 Å². The van der Waals surface area contributed by atoms with E-state index in [4.69, 9.17) is 21.1 Å². The first kappa shape index (κ1) is 34.4. The number of nitrogens with zero attached hydrogens (tertiary/aromatic N) is 4. The first-order valence-corrected chi connectivity index (χ1v) is 18.7. The molecule has 0 spiro atoms. The summed E-state index contributed by atoms with van der Waals surface area (Å²) in [4.78, 5) is 73.0. The van der Waals surface area contributed by atoms with Crippen LogP contribution in [0.25, 0.3) is 20.7 Å². The first-order valence-electron chi connectivity index (χ1n) is 17.6. The van der Waals surface area contributed by atoms with Gasteiger partial charge in [-0.05, 0) is 92.1 Å². The number of furan rings is 1. The molecule has 0 bridgehead atoms. The van der Waals surface area contributed by atoms with Crippen molar-refractivity contribution in [2.75, 3.05) is 9.80 Å². The number of hydrogen-bond acceptors (Lipinski definition) is 9. The van der Waals surface area contributed by atoms with E-state index in [1.165, 1.54) is 33.8 Å². The summed E-state index contributed by atoms with van der Waals surface area (Å²) in [6.07, 6.45) is 2.23. The van der Waals surface area contributed by atoms with Crippen LogP contribution < -0.4 is 9.80 Å². The molecule has 6 unspecified atom stereocenters. The molecular formula is C40H33ClN4O8S. The highest BCUT2D eigenvalue weighted by molar-refractivity contribution is 7.22. The number of amides is 4. The largest absolute Gasteiger partial charge is 0.478 e. The smallest absolute Gasteiger partial charge is 0.335 e. The van der Waals surface area contributed by atoms with E-state index in [0.29, 0.717) is 22.3 Å². The van der Waals surface area contributed by atoms with E-state index in [0.717, 1.165) is 31.0 Å². The summed E-state index contributed by atoms with van der Waals surface area (Å²) < 4.78 is 8.68. The summed E-state index contributed by atoms with van der Waals surface area (Å²) in [5.74, 6) is -5.94. The fourth-order valence-corrected chi connectivity index (χ4v) is 10.7. The fourth-order valence-electron chi connectivity index (χ4n) is 9.42. The van der Waals surface area contributed by atoms with Gasteiger partial charge < -0.3 is 14.6 Å². The number of benzene rings is 2. The van der Waals surface area contributed by atoms with E-state index < -0.39 is 64.6 Å². The van der Waals surface area contributed by atoms with E-state index in [2.05, 4.69) is 0 Å². The predicted molar refractivity (Wildman–Crippen MR) is 199 cm³/mol. The van der Waals surface area contributed by atoms with Crippen molar-refractivity contribution in [3.63, 3.8) is 0 Å². The number of aromatic nitrogens is 2. The van der Waals surface area contributed by atoms with Crippen molar-refractivity contribution in [2.24, 2.45) is 36.1 Å². The highest BCUT2D eigenvalue weighted by Gasteiger charge is 2.68. The SMILES string of the molecule is Cc1c(-c2cc(N3C(=O)C4CC5C(=CCC6C(=O)N(c7cccc(C(=O)O)c7)C(=O)C65)C(c5ccc(CO)o5)C4(C)C3=O)n(C)n2)sc2ccc(Cl)cc12. The molecule has 14 heteroatoms. The van der Waals surface area contributed by atoms with Gasteiger partial charge in [-0.25, -0.2) is 9.69 Å². The summed E-state index contributed by atoms with van der Waals surface area (Å²) in [6, 6.07) is 16.5. The summed E-state index contributed by atoms with van der Waals surface area (Å²) in [6.45, 7) is 3.36. The lowest BCUT2D eigenvalue weighted by atomic mass is 9.52. The molecule has 4 amide bonds. The van der Waals surface area contributed by atoms with Gasteiger partial charge in [-0.1, -0.05) is 29.3 Å². The minimum absolute atomic E-state index is 0.0619. The topological polar surface area (TPSA) is 163 Å². The number of aryl methyl sites for hydroxylation is 2. The monoisotopic (exact) mass is 764 g/mol. The van der Waals surface area contributed by atoms with Gasteiger partial charge >= 0.3 is 5.97 Å². The summed E-state index contributed by atoms with van der Waals surface area (Å²) in [5.41, 5.74) is 1.05. The number of carbonyl (C=O) groups is 5. The molecule has 2 saturated heterocycles. The number of anilines is 2. The number of aliphatic hydroxyl groups excluding tert-OH is 1. The van der Waals surface area contributed by atoms with Crippen LogP contribution in [0, 0.1) is 36.0 Å². The molecule has 1 saturated carbocycles. The van der Waals surface area contributed by atoms with Crippen molar-refractivity contribution >= 4 is 74.1 Å². The van der Waals surface area contributed by atoms with Gasteiger partial charge in [-0.3, -0.25) is 28.8 Å². The third kappa shape index (κ3) is 4.71. The molecule has 9 rings (SSSR count). The molecule has 274 valence electrons. The molecule has 12 nitrogen and oxygen atoms in total. The summed E-state index contributed by atoms with van der Waals surface area (Å²) in [5, 5.41) is 25.9. The maximum atomic E-state index is 15.0. The number of aliphatic hydroxyl groups is 1. The quantitative estimate of drug-likeness (QED) is 0.146. The van der Waals surface area contributed by atoms with Crippen LogP contribution in [0.3, 0.4) is 0 Å². The van der Waals surface area contributed by atoms with E-state index in [-0.39, 0.29) is 36.5 Å². The van der Waals surface area contributed by atoms with E-state index in [9.17, 15) is 34.2 Å². The number of carboxylic acids is 1. The zero-order valence-corrected chi connectivity index (χ0v) is 30.9. The van der Waals surface area contributed by atoms with Crippen LogP contribution in [0.2, 0.25) is 5.02 Å². The molecule has 5 aromatic rings. The van der Waals surface area contributed by atoms with Crippen LogP contribution in [0.4, 0.5) is 11.5 Å². The number of halogens is 1. The number of imide groups is 2. The van der Waals surface area contributed by atoms with Gasteiger partial charge in [0.15, 0.2) is 0 Å². The van der Waals surface area contributed by atoms with Crippen molar-refractivity contribution in [2.45, 2.75) is 39.2 Å². The number of thiophene rings is 1. The number of aromatic carboxylic acids is 1. The minimum atomic E-state index is -1.35. The molecule has 2 N–H and O–H groups in total. The van der Waals surface area contributed by atoms with Crippen LogP contribution in [-0.4, -0.2) is 49.6 Å². The fraction of sp³-hybridized carbons (Fsp3) is 0.300. The maximum absolute atomic E-state index is 15.0. The second-order valence-corrected chi connectivity index (χ2v) is 16.2. The van der Waals surface area contributed by atoms with Crippen molar-refractivity contribution in [3.05, 3.63) is 100.0 Å². The van der Waals surface area contributed by atoms with Crippen LogP contribution in [0.15, 0.2) is 76.7 Å². The third-order valence-electron chi connectivity index (χ3n) is 12.0. The van der Waals surface area contributed by atoms with Gasteiger partial charge in [0, 0.05) is 22.8 Å². The Hall–Kier alpha value is -5.37. The molecule has 2 aromatic carbocycles. The van der Waals surface area contributed by atoms with Crippen LogP contribution in [0.5, 0.6) is 0 Å². The molecule has 54 heavy (non-hydrogen) atoms. The second kappa shape index (κ2) is 12.1. The lowest BCUT2D eigenvalue weighted by Gasteiger charge is -2.48. The second-order valence-electron chi connectivity index (χ2n) is 14.7. The number of fused-ring (bicyclic) bond motifs is 5. The molecule has 0 radical (unpaired) electrons. The van der Waals surface area contributed by atoms with Crippen LogP contribution in [0.1, 0.15) is 53.1 Å². The first-order chi connectivity index (χ1) is 25.8. The number of rotatable bonds is 6. The molecule has 2 aliphatic carbocycles. The van der Waals surface area contributed by atoms with Gasteiger partial charge in [0.2, 0.25) is 23.6 Å². The molecule has 6 atom stereocenters. The normalized spacial score (nSPS) is 26.4. The maximum Gasteiger partial charge on any atom is 0.335 e. The highest BCUT2D eigenvalue weighted by atomic mass is 35.5. The Labute approximate surface area is 317 Å². The van der Waals surface area contributed by atoms with Crippen molar-refractivity contribution in [3.8, 4) is 10.6 Å². The van der Waals surface area contributed by atoms with Crippen molar-refractivity contribution in [1.29, 1.82) is 0 Å². The Bertz CT molecular complexity index is 2530. The van der Waals surface area contributed by atoms with Gasteiger partial charge in [0.05, 0.1) is 45.2 Å². The average Bonchev–Trinajstić information content (AvgIpc) is 3.94. The third-order valence-corrected chi connectivity index (χ3v) is 13.5. The molecular weight excluding hydrogens is 732 g/mol. The molecule has 2 aliphatic heterocycles. The highest BCUT2D eigenvalue weighted by Crippen LogP contribution is 2.64. The number of carboxylic acid groups (broad SMARTS) is 1.